The Balaban J connectivity index is 1.48. The van der Waals surface area contributed by atoms with E-state index in [9.17, 15) is 4.79 Å². The fraction of sp³-hybridized carbons (Fsp3) is 0.353. The van der Waals surface area contributed by atoms with Gasteiger partial charge in [-0.1, -0.05) is 6.07 Å². The molecule has 0 atom stereocenters. The minimum Gasteiger partial charge on any atom is -0.381 e. The van der Waals surface area contributed by atoms with Crippen molar-refractivity contribution in [2.24, 2.45) is 7.05 Å². The largest absolute Gasteiger partial charge is 0.381 e. The number of hydrogen-bond donors (Lipinski definition) is 1. The number of rotatable bonds is 4. The molecular weight excluding hydrogens is 338 g/mol. The second kappa shape index (κ2) is 6.81. The lowest BCUT2D eigenvalue weighted by Gasteiger charge is -2.22. The molecule has 8 heteroatoms. The highest BCUT2D eigenvalue weighted by atomic mass is 32.1. The molecule has 4 rings (SSSR count). The number of hydrogen-bond acceptors (Lipinski definition) is 5. The van der Waals surface area contributed by atoms with Crippen LogP contribution in [0.2, 0.25) is 0 Å². The van der Waals surface area contributed by atoms with E-state index in [0.29, 0.717) is 17.4 Å². The minimum absolute atomic E-state index is 0.190. The average Bonchev–Trinajstić information content (AvgIpc) is 3.35. The maximum absolute atomic E-state index is 12.6. The highest BCUT2D eigenvalue weighted by Crippen LogP contribution is 2.25. The number of carbonyl (C=O) groups is 1. The lowest BCUT2D eigenvalue weighted by Crippen LogP contribution is -2.20. The summed E-state index contributed by atoms with van der Waals surface area (Å²) in [5, 5.41) is 13.7. The summed E-state index contributed by atoms with van der Waals surface area (Å²) >= 11 is 1.60. The van der Waals surface area contributed by atoms with Gasteiger partial charge in [-0.05, 0) is 30.4 Å². The molecule has 0 aliphatic carbocycles. The lowest BCUT2D eigenvalue weighted by atomic mass is 10.1. The zero-order valence-corrected chi connectivity index (χ0v) is 14.7. The molecule has 1 aliphatic rings. The van der Waals surface area contributed by atoms with Crippen LogP contribution in [0.15, 0.2) is 36.0 Å². The number of carbonyl (C=O) groups excluding carboxylic acids is 1. The summed E-state index contributed by atoms with van der Waals surface area (Å²) in [5.74, 6) is -0.190. The van der Waals surface area contributed by atoms with Crippen LogP contribution in [0.3, 0.4) is 0 Å². The van der Waals surface area contributed by atoms with E-state index in [2.05, 4.69) is 15.5 Å². The standard InChI is InChI=1S/C17H19N5O2S/c1-21-15(9-14(20-21)16-3-2-8-25-16)17(23)19-12-10-18-22(11-12)13-4-6-24-7-5-13/h2-3,8-11,13H,4-7H2,1H3,(H,19,23). The van der Waals surface area contributed by atoms with Gasteiger partial charge in [0.2, 0.25) is 0 Å². The molecule has 1 saturated heterocycles. The molecular formula is C17H19N5O2S. The van der Waals surface area contributed by atoms with Crippen LogP contribution in [-0.2, 0) is 11.8 Å². The van der Waals surface area contributed by atoms with Gasteiger partial charge in [-0.3, -0.25) is 14.2 Å². The van der Waals surface area contributed by atoms with Gasteiger partial charge in [-0.15, -0.1) is 11.3 Å². The van der Waals surface area contributed by atoms with Gasteiger partial charge in [0.25, 0.3) is 5.91 Å². The molecule has 1 N–H and O–H groups in total. The van der Waals surface area contributed by atoms with Gasteiger partial charge >= 0.3 is 0 Å². The summed E-state index contributed by atoms with van der Waals surface area (Å²) in [6.45, 7) is 1.51. The quantitative estimate of drug-likeness (QED) is 0.779. The Morgan fingerprint density at radius 2 is 2.24 bits per heavy atom. The van der Waals surface area contributed by atoms with E-state index in [-0.39, 0.29) is 5.91 Å². The fourth-order valence-electron chi connectivity index (χ4n) is 2.97. The maximum atomic E-state index is 12.6. The van der Waals surface area contributed by atoms with Crippen LogP contribution in [-0.4, -0.2) is 38.7 Å². The summed E-state index contributed by atoms with van der Waals surface area (Å²) in [4.78, 5) is 13.6. The van der Waals surface area contributed by atoms with E-state index in [1.54, 1.807) is 29.3 Å². The van der Waals surface area contributed by atoms with Gasteiger partial charge in [0.15, 0.2) is 0 Å². The van der Waals surface area contributed by atoms with E-state index in [0.717, 1.165) is 36.6 Å². The number of amides is 1. The highest BCUT2D eigenvalue weighted by molar-refractivity contribution is 7.13. The molecule has 0 radical (unpaired) electrons. The summed E-state index contributed by atoms with van der Waals surface area (Å²) < 4.78 is 8.90. The zero-order chi connectivity index (χ0) is 17.2. The van der Waals surface area contributed by atoms with Crippen molar-refractivity contribution in [1.82, 2.24) is 19.6 Å². The minimum atomic E-state index is -0.190. The second-order valence-corrected chi connectivity index (χ2v) is 6.97. The van der Waals surface area contributed by atoms with Crippen molar-refractivity contribution in [3.63, 3.8) is 0 Å². The molecule has 4 heterocycles. The summed E-state index contributed by atoms with van der Waals surface area (Å²) in [6.07, 6.45) is 5.45. The third kappa shape index (κ3) is 3.35. The first-order chi connectivity index (χ1) is 12.2. The molecule has 1 aliphatic heterocycles. The number of aromatic nitrogens is 4. The van der Waals surface area contributed by atoms with Gasteiger partial charge in [-0.2, -0.15) is 10.2 Å². The summed E-state index contributed by atoms with van der Waals surface area (Å²) in [7, 11) is 1.78. The van der Waals surface area contributed by atoms with Gasteiger partial charge in [0, 0.05) is 26.5 Å². The van der Waals surface area contributed by atoms with Crippen LogP contribution in [0.25, 0.3) is 10.6 Å². The Bertz CT molecular complexity index is 862. The van der Waals surface area contributed by atoms with Crippen molar-refractivity contribution in [1.29, 1.82) is 0 Å². The van der Waals surface area contributed by atoms with Crippen molar-refractivity contribution in [3.05, 3.63) is 41.7 Å². The molecule has 130 valence electrons. The third-order valence-electron chi connectivity index (χ3n) is 4.31. The molecule has 3 aromatic heterocycles. The predicted octanol–water partition coefficient (Wildman–Crippen LogP) is 2.95. The van der Waals surface area contributed by atoms with E-state index >= 15 is 0 Å². The number of aryl methyl sites for hydroxylation is 1. The Kier molecular flexibility index (Phi) is 4.37. The van der Waals surface area contributed by atoms with Crippen molar-refractivity contribution < 1.29 is 9.53 Å². The molecule has 0 spiro atoms. The molecule has 7 nitrogen and oxygen atoms in total. The number of thiophene rings is 1. The first-order valence-electron chi connectivity index (χ1n) is 8.22. The Morgan fingerprint density at radius 1 is 1.40 bits per heavy atom. The molecule has 1 amide bonds. The highest BCUT2D eigenvalue weighted by Gasteiger charge is 2.18. The van der Waals surface area contributed by atoms with E-state index in [1.165, 1.54) is 0 Å². The van der Waals surface area contributed by atoms with Gasteiger partial charge in [0.05, 0.1) is 22.8 Å². The molecule has 0 saturated carbocycles. The van der Waals surface area contributed by atoms with Crippen LogP contribution in [0.5, 0.6) is 0 Å². The van der Waals surface area contributed by atoms with Crippen LogP contribution < -0.4 is 5.32 Å². The Morgan fingerprint density at radius 3 is 3.00 bits per heavy atom. The number of nitrogens with zero attached hydrogens (tertiary/aromatic N) is 4. The Hall–Kier alpha value is -2.45. The number of anilines is 1. The zero-order valence-electron chi connectivity index (χ0n) is 13.9. The molecule has 1 fully saturated rings. The lowest BCUT2D eigenvalue weighted by molar-refractivity contribution is 0.0662. The van der Waals surface area contributed by atoms with Gasteiger partial charge < -0.3 is 10.1 Å². The molecule has 25 heavy (non-hydrogen) atoms. The monoisotopic (exact) mass is 357 g/mol. The SMILES string of the molecule is Cn1nc(-c2cccs2)cc1C(=O)Nc1cnn(C2CCOCC2)c1. The normalized spacial score (nSPS) is 15.4. The number of nitrogens with one attached hydrogen (secondary N) is 1. The molecule has 0 unspecified atom stereocenters. The molecule has 0 aromatic carbocycles. The van der Waals surface area contributed by atoms with Gasteiger partial charge in [-0.25, -0.2) is 0 Å². The second-order valence-electron chi connectivity index (χ2n) is 6.02. The Labute approximate surface area is 149 Å². The van der Waals surface area contributed by atoms with E-state index < -0.39 is 0 Å². The van der Waals surface area contributed by atoms with Crippen molar-refractivity contribution >= 4 is 22.9 Å². The topological polar surface area (TPSA) is 74.0 Å². The first kappa shape index (κ1) is 16.0. The van der Waals surface area contributed by atoms with Crippen LogP contribution >= 0.6 is 11.3 Å². The van der Waals surface area contributed by atoms with Crippen LogP contribution in [0, 0.1) is 0 Å². The number of ether oxygens (including phenoxy) is 1. The maximum Gasteiger partial charge on any atom is 0.274 e. The average molecular weight is 357 g/mol. The molecule has 0 bridgehead atoms. The van der Waals surface area contributed by atoms with E-state index in [1.807, 2.05) is 34.5 Å². The van der Waals surface area contributed by atoms with Crippen molar-refractivity contribution in [2.45, 2.75) is 18.9 Å². The summed E-state index contributed by atoms with van der Waals surface area (Å²) in [5.41, 5.74) is 2.01. The molecule has 3 aromatic rings. The fourth-order valence-corrected chi connectivity index (χ4v) is 3.65. The smallest absolute Gasteiger partial charge is 0.274 e. The first-order valence-corrected chi connectivity index (χ1v) is 9.10. The van der Waals surface area contributed by atoms with E-state index in [4.69, 9.17) is 4.74 Å². The van der Waals surface area contributed by atoms with Gasteiger partial charge in [0.1, 0.15) is 11.4 Å². The van der Waals surface area contributed by atoms with Crippen LogP contribution in [0.4, 0.5) is 5.69 Å². The van der Waals surface area contributed by atoms with Crippen LogP contribution in [0.1, 0.15) is 29.4 Å². The third-order valence-corrected chi connectivity index (χ3v) is 5.20. The predicted molar refractivity (Wildman–Crippen MR) is 95.8 cm³/mol. The van der Waals surface area contributed by atoms with Crippen molar-refractivity contribution in [3.8, 4) is 10.6 Å². The van der Waals surface area contributed by atoms with Crippen molar-refractivity contribution in [2.75, 3.05) is 18.5 Å². The summed E-state index contributed by atoms with van der Waals surface area (Å²) in [6, 6.07) is 6.11.